The van der Waals surface area contributed by atoms with E-state index in [-0.39, 0.29) is 13.0 Å². The Morgan fingerprint density at radius 3 is 2.50 bits per heavy atom. The zero-order valence-corrected chi connectivity index (χ0v) is 9.21. The van der Waals surface area contributed by atoms with Crippen molar-refractivity contribution < 1.29 is 17.6 Å². The summed E-state index contributed by atoms with van der Waals surface area (Å²) >= 11 is 0. The van der Waals surface area contributed by atoms with Crippen LogP contribution >= 0.6 is 0 Å². The molecule has 1 amide bonds. The van der Waals surface area contributed by atoms with Gasteiger partial charge in [-0.15, -0.1) is 0 Å². The fourth-order valence-corrected chi connectivity index (χ4v) is 3.18. The minimum absolute atomic E-state index is 0.134. The van der Waals surface area contributed by atoms with Crippen LogP contribution in [0.3, 0.4) is 0 Å². The fourth-order valence-electron chi connectivity index (χ4n) is 1.65. The molecule has 0 radical (unpaired) electrons. The number of carbonyl (C=O) groups is 1. The average molecular weight is 243 g/mol. The molecule has 1 aliphatic rings. The van der Waals surface area contributed by atoms with Crippen LogP contribution in [0.25, 0.3) is 0 Å². The van der Waals surface area contributed by atoms with Crippen LogP contribution in [-0.2, 0) is 14.8 Å². The third kappa shape index (κ3) is 1.69. The van der Waals surface area contributed by atoms with Crippen molar-refractivity contribution in [1.82, 2.24) is 4.31 Å². The van der Waals surface area contributed by atoms with E-state index in [1.54, 1.807) is 0 Å². The highest BCUT2D eigenvalue weighted by Crippen LogP contribution is 2.23. The number of halogens is 1. The summed E-state index contributed by atoms with van der Waals surface area (Å²) in [6, 6.07) is 5.06. The lowest BCUT2D eigenvalue weighted by atomic mass is 10.4. The maximum atomic E-state index is 13.3. The van der Waals surface area contributed by atoms with Crippen molar-refractivity contribution in [2.24, 2.45) is 0 Å². The standard InChI is InChI=1S/C10H10FNO3S/c11-8-4-1-2-5-9(8)16(14,15)12-7-3-6-10(12)13/h1-2,4-5H,3,6-7H2. The molecule has 2 rings (SSSR count). The molecule has 1 aromatic carbocycles. The first-order valence-electron chi connectivity index (χ1n) is 4.83. The third-order valence-corrected chi connectivity index (χ3v) is 4.29. The quantitative estimate of drug-likeness (QED) is 0.782. The number of hydrogen-bond acceptors (Lipinski definition) is 3. The highest BCUT2D eigenvalue weighted by Gasteiger charge is 2.34. The Balaban J connectivity index is 2.47. The Kier molecular flexibility index (Phi) is 2.67. The van der Waals surface area contributed by atoms with Gasteiger partial charge in [0.05, 0.1) is 0 Å². The van der Waals surface area contributed by atoms with Gasteiger partial charge in [0, 0.05) is 13.0 Å². The summed E-state index contributed by atoms with van der Waals surface area (Å²) in [5, 5.41) is 0. The number of carbonyl (C=O) groups excluding carboxylic acids is 1. The molecule has 0 spiro atoms. The van der Waals surface area contributed by atoms with Crippen molar-refractivity contribution in [2.45, 2.75) is 17.7 Å². The van der Waals surface area contributed by atoms with Gasteiger partial charge in [-0.2, -0.15) is 0 Å². The summed E-state index contributed by atoms with van der Waals surface area (Å²) in [7, 11) is -4.01. The predicted octanol–water partition coefficient (Wildman–Crippen LogP) is 1.14. The van der Waals surface area contributed by atoms with Crippen LogP contribution in [0.2, 0.25) is 0 Å². The average Bonchev–Trinajstić information content (AvgIpc) is 2.65. The van der Waals surface area contributed by atoms with Crippen LogP contribution in [0.15, 0.2) is 29.2 Å². The molecule has 0 saturated carbocycles. The van der Waals surface area contributed by atoms with Gasteiger partial charge in [-0.25, -0.2) is 17.1 Å². The normalized spacial score (nSPS) is 16.8. The molecule has 0 N–H and O–H groups in total. The monoisotopic (exact) mass is 243 g/mol. The van der Waals surface area contributed by atoms with E-state index in [0.717, 1.165) is 16.4 Å². The van der Waals surface area contributed by atoms with Crippen molar-refractivity contribution in [2.75, 3.05) is 6.54 Å². The van der Waals surface area contributed by atoms with E-state index in [1.165, 1.54) is 12.1 Å². The SMILES string of the molecule is O=C1CCCN1S(=O)(=O)c1ccccc1F. The second-order valence-electron chi connectivity index (χ2n) is 3.50. The summed E-state index contributed by atoms with van der Waals surface area (Å²) in [6.07, 6.45) is 0.695. The summed E-state index contributed by atoms with van der Waals surface area (Å²) in [5.74, 6) is -1.30. The molecular formula is C10H10FNO3S. The number of sulfonamides is 1. The Morgan fingerprint density at radius 2 is 1.94 bits per heavy atom. The van der Waals surface area contributed by atoms with Gasteiger partial charge < -0.3 is 0 Å². The van der Waals surface area contributed by atoms with Crippen molar-refractivity contribution in [3.63, 3.8) is 0 Å². The summed E-state index contributed by atoms with van der Waals surface area (Å²) in [6.45, 7) is 0.134. The molecule has 86 valence electrons. The minimum Gasteiger partial charge on any atom is -0.274 e. The second-order valence-corrected chi connectivity index (χ2v) is 5.34. The molecule has 0 atom stereocenters. The maximum Gasteiger partial charge on any atom is 0.269 e. The zero-order chi connectivity index (χ0) is 11.8. The third-order valence-electron chi connectivity index (χ3n) is 2.43. The maximum absolute atomic E-state index is 13.3. The van der Waals surface area contributed by atoms with Crippen LogP contribution in [0.4, 0.5) is 4.39 Å². The zero-order valence-electron chi connectivity index (χ0n) is 8.39. The first-order chi connectivity index (χ1) is 7.53. The smallest absolute Gasteiger partial charge is 0.269 e. The molecule has 16 heavy (non-hydrogen) atoms. The summed E-state index contributed by atoms with van der Waals surface area (Å²) in [5.41, 5.74) is 0. The van der Waals surface area contributed by atoms with Gasteiger partial charge in [0.1, 0.15) is 10.7 Å². The van der Waals surface area contributed by atoms with Gasteiger partial charge in [0.25, 0.3) is 10.0 Å². The number of rotatable bonds is 2. The first kappa shape index (κ1) is 11.1. The molecule has 1 aromatic rings. The highest BCUT2D eigenvalue weighted by molar-refractivity contribution is 7.89. The van der Waals surface area contributed by atoms with Gasteiger partial charge in [0.15, 0.2) is 0 Å². The van der Waals surface area contributed by atoms with Crippen LogP contribution < -0.4 is 0 Å². The van der Waals surface area contributed by atoms with Gasteiger partial charge >= 0.3 is 0 Å². The van der Waals surface area contributed by atoms with Crippen molar-refractivity contribution in [3.8, 4) is 0 Å². The Bertz CT molecular complexity index is 527. The molecule has 1 aliphatic heterocycles. The Morgan fingerprint density at radius 1 is 1.25 bits per heavy atom. The van der Waals surface area contributed by atoms with Gasteiger partial charge in [0.2, 0.25) is 5.91 Å². The van der Waals surface area contributed by atoms with E-state index in [0.29, 0.717) is 6.42 Å². The topological polar surface area (TPSA) is 54.5 Å². The van der Waals surface area contributed by atoms with Crippen LogP contribution in [0, 0.1) is 5.82 Å². The molecular weight excluding hydrogens is 233 g/mol. The van der Waals surface area contributed by atoms with E-state index in [2.05, 4.69) is 0 Å². The molecule has 6 heteroatoms. The lowest BCUT2D eigenvalue weighted by Gasteiger charge is -2.16. The fraction of sp³-hybridized carbons (Fsp3) is 0.300. The highest BCUT2D eigenvalue weighted by atomic mass is 32.2. The van der Waals surface area contributed by atoms with Gasteiger partial charge in [-0.3, -0.25) is 4.79 Å². The van der Waals surface area contributed by atoms with Gasteiger partial charge in [-0.1, -0.05) is 12.1 Å². The first-order valence-corrected chi connectivity index (χ1v) is 6.27. The van der Waals surface area contributed by atoms with Crippen molar-refractivity contribution in [3.05, 3.63) is 30.1 Å². The predicted molar refractivity (Wildman–Crippen MR) is 54.5 cm³/mol. The molecule has 4 nitrogen and oxygen atoms in total. The van der Waals surface area contributed by atoms with E-state index in [9.17, 15) is 17.6 Å². The number of amides is 1. The number of nitrogens with zero attached hydrogens (tertiary/aromatic N) is 1. The van der Waals surface area contributed by atoms with Crippen LogP contribution in [0.1, 0.15) is 12.8 Å². The molecule has 1 fully saturated rings. The molecule has 1 heterocycles. The minimum atomic E-state index is -4.01. The van der Waals surface area contributed by atoms with Gasteiger partial charge in [-0.05, 0) is 18.6 Å². The molecule has 0 aromatic heterocycles. The van der Waals surface area contributed by atoms with E-state index < -0.39 is 26.6 Å². The summed E-state index contributed by atoms with van der Waals surface area (Å²) in [4.78, 5) is 10.9. The lowest BCUT2D eigenvalue weighted by Crippen LogP contribution is -2.32. The Labute approximate surface area is 92.7 Å². The van der Waals surface area contributed by atoms with Crippen LogP contribution in [0.5, 0.6) is 0 Å². The largest absolute Gasteiger partial charge is 0.274 e. The van der Waals surface area contributed by atoms with E-state index >= 15 is 0 Å². The van der Waals surface area contributed by atoms with E-state index in [4.69, 9.17) is 0 Å². The Hall–Kier alpha value is -1.43. The molecule has 1 saturated heterocycles. The lowest BCUT2D eigenvalue weighted by molar-refractivity contribution is -0.123. The molecule has 0 bridgehead atoms. The summed E-state index contributed by atoms with van der Waals surface area (Å²) < 4.78 is 38.0. The van der Waals surface area contributed by atoms with Crippen molar-refractivity contribution in [1.29, 1.82) is 0 Å². The number of hydrogen-bond donors (Lipinski definition) is 0. The molecule has 0 unspecified atom stereocenters. The molecule has 0 aliphatic carbocycles. The second kappa shape index (κ2) is 3.86. The number of benzene rings is 1. The van der Waals surface area contributed by atoms with Crippen molar-refractivity contribution >= 4 is 15.9 Å². The van der Waals surface area contributed by atoms with Crippen LogP contribution in [-0.4, -0.2) is 25.2 Å². The van der Waals surface area contributed by atoms with E-state index in [1.807, 2.05) is 0 Å².